The highest BCUT2D eigenvalue weighted by Gasteiger charge is 2.37. The summed E-state index contributed by atoms with van der Waals surface area (Å²) in [5.74, 6) is -0.903. The van der Waals surface area contributed by atoms with Crippen molar-refractivity contribution in [2.75, 3.05) is 6.54 Å². The van der Waals surface area contributed by atoms with Crippen LogP contribution in [0.2, 0.25) is 0 Å². The molecule has 0 aromatic carbocycles. The molecule has 1 heterocycles. The molecule has 0 spiro atoms. The molecular weight excluding hydrogens is 206 g/mol. The molecule has 0 bridgehead atoms. The summed E-state index contributed by atoms with van der Waals surface area (Å²) in [7, 11) is 0. The monoisotopic (exact) mass is 227 g/mol. The molecule has 0 aromatic rings. The Morgan fingerprint density at radius 3 is 2.44 bits per heavy atom. The second-order valence-corrected chi connectivity index (χ2v) is 4.60. The number of carbonyl (C=O) groups excluding carboxylic acids is 1. The van der Waals surface area contributed by atoms with Gasteiger partial charge in [-0.05, 0) is 12.8 Å². The third-order valence-corrected chi connectivity index (χ3v) is 3.73. The number of hydrogen-bond acceptors (Lipinski definition) is 2. The van der Waals surface area contributed by atoms with Gasteiger partial charge in [0, 0.05) is 19.0 Å². The van der Waals surface area contributed by atoms with E-state index in [-0.39, 0.29) is 18.4 Å². The van der Waals surface area contributed by atoms with Crippen LogP contribution in [-0.2, 0) is 9.59 Å². The lowest BCUT2D eigenvalue weighted by molar-refractivity contribution is -0.141. The SMILES string of the molecule is CCC(CC)C(C)N1CC(C(=O)O)CC1=O. The molecule has 1 N–H and O–H groups in total. The van der Waals surface area contributed by atoms with Crippen LogP contribution < -0.4 is 0 Å². The van der Waals surface area contributed by atoms with Gasteiger partial charge in [-0.1, -0.05) is 26.7 Å². The van der Waals surface area contributed by atoms with Gasteiger partial charge in [0.05, 0.1) is 5.92 Å². The Kier molecular flexibility index (Phi) is 4.33. The lowest BCUT2D eigenvalue weighted by Gasteiger charge is -2.30. The summed E-state index contributed by atoms with van der Waals surface area (Å²) >= 11 is 0. The molecular formula is C12H21NO3. The standard InChI is InChI=1S/C12H21NO3/c1-4-9(5-2)8(3)13-7-10(12(15)16)6-11(13)14/h8-10H,4-7H2,1-3H3,(H,15,16). The van der Waals surface area contributed by atoms with Crippen molar-refractivity contribution >= 4 is 11.9 Å². The number of carboxylic acid groups (broad SMARTS) is 1. The molecule has 1 fully saturated rings. The van der Waals surface area contributed by atoms with E-state index in [0.717, 1.165) is 12.8 Å². The summed E-state index contributed by atoms with van der Waals surface area (Å²) in [5, 5.41) is 8.90. The molecule has 0 saturated carbocycles. The molecule has 16 heavy (non-hydrogen) atoms. The zero-order chi connectivity index (χ0) is 12.3. The van der Waals surface area contributed by atoms with Gasteiger partial charge in [0.1, 0.15) is 0 Å². The van der Waals surface area contributed by atoms with E-state index >= 15 is 0 Å². The zero-order valence-corrected chi connectivity index (χ0v) is 10.3. The van der Waals surface area contributed by atoms with Crippen LogP contribution in [0.15, 0.2) is 0 Å². The third-order valence-electron chi connectivity index (χ3n) is 3.73. The number of likely N-dealkylation sites (tertiary alicyclic amines) is 1. The third kappa shape index (κ3) is 2.54. The molecule has 2 unspecified atom stereocenters. The fourth-order valence-electron chi connectivity index (χ4n) is 2.52. The Morgan fingerprint density at radius 1 is 1.50 bits per heavy atom. The largest absolute Gasteiger partial charge is 0.481 e. The summed E-state index contributed by atoms with van der Waals surface area (Å²) in [5.41, 5.74) is 0. The normalized spacial score (nSPS) is 22.9. The molecule has 1 aliphatic heterocycles. The van der Waals surface area contributed by atoms with Gasteiger partial charge >= 0.3 is 5.97 Å². The van der Waals surface area contributed by atoms with Gasteiger partial charge in [-0.3, -0.25) is 9.59 Å². The second-order valence-electron chi connectivity index (χ2n) is 4.60. The van der Waals surface area contributed by atoms with Crippen molar-refractivity contribution in [2.45, 2.75) is 46.1 Å². The van der Waals surface area contributed by atoms with E-state index in [1.807, 2.05) is 6.92 Å². The molecule has 1 amide bonds. The number of amides is 1. The molecule has 0 aliphatic carbocycles. The van der Waals surface area contributed by atoms with Gasteiger partial charge in [-0.2, -0.15) is 0 Å². The molecule has 4 nitrogen and oxygen atoms in total. The second kappa shape index (κ2) is 5.32. The Labute approximate surface area is 96.6 Å². The van der Waals surface area contributed by atoms with Crippen LogP contribution in [0.25, 0.3) is 0 Å². The van der Waals surface area contributed by atoms with Gasteiger partial charge in [-0.25, -0.2) is 0 Å². The summed E-state index contributed by atoms with van der Waals surface area (Å²) < 4.78 is 0. The summed E-state index contributed by atoms with van der Waals surface area (Å²) in [6.07, 6.45) is 2.22. The molecule has 1 saturated heterocycles. The highest BCUT2D eigenvalue weighted by Crippen LogP contribution is 2.26. The van der Waals surface area contributed by atoms with E-state index in [2.05, 4.69) is 13.8 Å². The van der Waals surface area contributed by atoms with Crippen molar-refractivity contribution < 1.29 is 14.7 Å². The van der Waals surface area contributed by atoms with Crippen LogP contribution in [0.1, 0.15) is 40.0 Å². The number of aliphatic carboxylic acids is 1. The minimum Gasteiger partial charge on any atom is -0.481 e. The van der Waals surface area contributed by atoms with Crippen LogP contribution in [0, 0.1) is 11.8 Å². The first-order chi connectivity index (χ1) is 7.51. The van der Waals surface area contributed by atoms with E-state index in [1.165, 1.54) is 0 Å². The fraction of sp³-hybridized carbons (Fsp3) is 0.833. The number of carbonyl (C=O) groups is 2. The minimum atomic E-state index is -0.854. The first-order valence-corrected chi connectivity index (χ1v) is 6.03. The van der Waals surface area contributed by atoms with Gasteiger partial charge in [-0.15, -0.1) is 0 Å². The molecule has 2 atom stereocenters. The molecule has 1 aliphatic rings. The Hall–Kier alpha value is -1.06. The van der Waals surface area contributed by atoms with Gasteiger partial charge in [0.2, 0.25) is 5.91 Å². The van der Waals surface area contributed by atoms with Crippen LogP contribution >= 0.6 is 0 Å². The summed E-state index contributed by atoms with van der Waals surface area (Å²) in [6.45, 7) is 6.63. The van der Waals surface area contributed by atoms with E-state index in [1.54, 1.807) is 4.90 Å². The number of nitrogens with zero attached hydrogens (tertiary/aromatic N) is 1. The fourth-order valence-corrected chi connectivity index (χ4v) is 2.52. The van der Waals surface area contributed by atoms with Crippen molar-refractivity contribution in [2.24, 2.45) is 11.8 Å². The smallest absolute Gasteiger partial charge is 0.308 e. The molecule has 4 heteroatoms. The van der Waals surface area contributed by atoms with Crippen molar-refractivity contribution in [3.05, 3.63) is 0 Å². The first kappa shape index (κ1) is 13.0. The lowest BCUT2D eigenvalue weighted by Crippen LogP contribution is -2.39. The van der Waals surface area contributed by atoms with Crippen LogP contribution in [0.3, 0.4) is 0 Å². The van der Waals surface area contributed by atoms with E-state index in [0.29, 0.717) is 12.5 Å². The van der Waals surface area contributed by atoms with Crippen LogP contribution in [-0.4, -0.2) is 34.5 Å². The maximum absolute atomic E-state index is 11.7. The van der Waals surface area contributed by atoms with E-state index in [9.17, 15) is 9.59 Å². The van der Waals surface area contributed by atoms with Crippen molar-refractivity contribution in [3.8, 4) is 0 Å². The molecule has 1 rings (SSSR count). The maximum atomic E-state index is 11.7. The summed E-state index contributed by atoms with van der Waals surface area (Å²) in [6, 6.07) is 0.159. The number of rotatable bonds is 5. The predicted molar refractivity (Wildman–Crippen MR) is 61.0 cm³/mol. The topological polar surface area (TPSA) is 57.6 Å². The lowest BCUT2D eigenvalue weighted by atomic mass is 9.94. The van der Waals surface area contributed by atoms with Crippen LogP contribution in [0.4, 0.5) is 0 Å². The van der Waals surface area contributed by atoms with E-state index < -0.39 is 11.9 Å². The minimum absolute atomic E-state index is 0.00759. The molecule has 0 radical (unpaired) electrons. The van der Waals surface area contributed by atoms with Crippen molar-refractivity contribution in [3.63, 3.8) is 0 Å². The Balaban J connectivity index is 2.67. The van der Waals surface area contributed by atoms with Crippen molar-refractivity contribution in [1.82, 2.24) is 4.90 Å². The van der Waals surface area contributed by atoms with Crippen LogP contribution in [0.5, 0.6) is 0 Å². The van der Waals surface area contributed by atoms with Crippen molar-refractivity contribution in [1.29, 1.82) is 0 Å². The van der Waals surface area contributed by atoms with Gasteiger partial charge in [0.25, 0.3) is 0 Å². The summed E-state index contributed by atoms with van der Waals surface area (Å²) in [4.78, 5) is 24.3. The number of carboxylic acids is 1. The van der Waals surface area contributed by atoms with Gasteiger partial charge < -0.3 is 10.0 Å². The Morgan fingerprint density at radius 2 is 2.06 bits per heavy atom. The predicted octanol–water partition coefficient (Wildman–Crippen LogP) is 1.74. The maximum Gasteiger partial charge on any atom is 0.308 e. The van der Waals surface area contributed by atoms with Gasteiger partial charge in [0.15, 0.2) is 0 Å². The van der Waals surface area contributed by atoms with E-state index in [4.69, 9.17) is 5.11 Å². The molecule has 0 aromatic heterocycles. The number of hydrogen-bond donors (Lipinski definition) is 1. The molecule has 92 valence electrons. The first-order valence-electron chi connectivity index (χ1n) is 6.03. The Bertz CT molecular complexity index is 273. The highest BCUT2D eigenvalue weighted by molar-refractivity contribution is 5.86. The quantitative estimate of drug-likeness (QED) is 0.778. The zero-order valence-electron chi connectivity index (χ0n) is 10.3. The average molecular weight is 227 g/mol. The highest BCUT2D eigenvalue weighted by atomic mass is 16.4. The average Bonchev–Trinajstić information content (AvgIpc) is 2.62.